The summed E-state index contributed by atoms with van der Waals surface area (Å²) in [4.78, 5) is 42.9. The fourth-order valence-corrected chi connectivity index (χ4v) is 5.76. The summed E-state index contributed by atoms with van der Waals surface area (Å²) < 4.78 is 16.4. The summed E-state index contributed by atoms with van der Waals surface area (Å²) in [7, 11) is 2.93. The minimum atomic E-state index is -1.37. The molecule has 4 aliphatic rings. The number of hydrogen-bond donors (Lipinski definition) is 2. The van der Waals surface area contributed by atoms with Crippen LogP contribution in [-0.2, 0) is 19.1 Å². The van der Waals surface area contributed by atoms with Gasteiger partial charge in [-0.15, -0.1) is 0 Å². The lowest BCUT2D eigenvalue weighted by atomic mass is 9.80. The van der Waals surface area contributed by atoms with Gasteiger partial charge < -0.3 is 29.3 Å². The maximum absolute atomic E-state index is 13.7. The van der Waals surface area contributed by atoms with E-state index in [1.54, 1.807) is 36.8 Å². The molecule has 0 aromatic heterocycles. The number of benzene rings is 1. The van der Waals surface area contributed by atoms with Crippen molar-refractivity contribution in [2.75, 3.05) is 27.5 Å². The number of nitrogens with zero attached hydrogens (tertiary/aromatic N) is 2. The van der Waals surface area contributed by atoms with Crippen LogP contribution in [0.2, 0.25) is 0 Å². The number of aliphatic hydroxyl groups is 1. The third kappa shape index (κ3) is 3.07. The summed E-state index contributed by atoms with van der Waals surface area (Å²) in [6.07, 6.45) is 0.363. The molecule has 190 valence electrons. The standard InChI is InChI=1S/C26H28N2O8/c1-10-7-14-16(25-24(35-9-36-25)11(2)19(14)29)13(4)28(10)26(33)18-22(32)17-15(8-27(18)5)21(31)23(34-6)12(3)20(17)30/h7,13,18,26,29,33H,8-9H2,1-6H3/t13-,18?,26-/m0/s1. The Balaban J connectivity index is 1.55. The van der Waals surface area contributed by atoms with Gasteiger partial charge in [0.2, 0.25) is 12.6 Å². The van der Waals surface area contributed by atoms with Crippen LogP contribution in [0, 0.1) is 6.92 Å². The molecular weight excluding hydrogens is 468 g/mol. The van der Waals surface area contributed by atoms with E-state index in [9.17, 15) is 24.6 Å². The van der Waals surface area contributed by atoms with Gasteiger partial charge in [0.15, 0.2) is 28.8 Å². The van der Waals surface area contributed by atoms with Crippen molar-refractivity contribution in [2.24, 2.45) is 0 Å². The zero-order chi connectivity index (χ0) is 26.2. The van der Waals surface area contributed by atoms with Crippen molar-refractivity contribution >= 4 is 23.4 Å². The number of allylic oxidation sites excluding steroid dienone is 3. The van der Waals surface area contributed by atoms with E-state index in [0.29, 0.717) is 33.9 Å². The number of phenols is 1. The van der Waals surface area contributed by atoms with Crippen LogP contribution in [0.25, 0.3) is 6.08 Å². The van der Waals surface area contributed by atoms with Gasteiger partial charge >= 0.3 is 0 Å². The van der Waals surface area contributed by atoms with E-state index in [-0.39, 0.29) is 41.6 Å². The van der Waals surface area contributed by atoms with Crippen molar-refractivity contribution in [1.82, 2.24) is 9.80 Å². The van der Waals surface area contributed by atoms with Crippen molar-refractivity contribution in [3.8, 4) is 17.2 Å². The molecule has 0 radical (unpaired) electrons. The number of phenolic OH excluding ortho intramolecular Hbond substituents is 1. The fourth-order valence-electron chi connectivity index (χ4n) is 5.76. The lowest BCUT2D eigenvalue weighted by Gasteiger charge is -2.46. The van der Waals surface area contributed by atoms with Crippen LogP contribution in [0.5, 0.6) is 17.2 Å². The molecule has 5 rings (SSSR count). The Morgan fingerprint density at radius 1 is 1.11 bits per heavy atom. The maximum Gasteiger partial charge on any atom is 0.231 e. The summed E-state index contributed by atoms with van der Waals surface area (Å²) in [6, 6.07) is -1.63. The Bertz CT molecular complexity index is 1340. The molecule has 0 saturated carbocycles. The van der Waals surface area contributed by atoms with E-state index in [4.69, 9.17) is 14.2 Å². The smallest absolute Gasteiger partial charge is 0.231 e. The number of methoxy groups -OCH3 is 1. The van der Waals surface area contributed by atoms with E-state index < -0.39 is 35.7 Å². The summed E-state index contributed by atoms with van der Waals surface area (Å²) in [5.74, 6) is -0.742. The summed E-state index contributed by atoms with van der Waals surface area (Å²) in [5.41, 5.74) is 2.33. The monoisotopic (exact) mass is 496 g/mol. The highest BCUT2D eigenvalue weighted by molar-refractivity contribution is 6.36. The molecule has 0 saturated heterocycles. The second kappa shape index (κ2) is 8.21. The average Bonchev–Trinajstić information content (AvgIpc) is 3.31. The third-order valence-electron chi connectivity index (χ3n) is 7.55. The molecule has 1 aromatic carbocycles. The van der Waals surface area contributed by atoms with Gasteiger partial charge in [0, 0.05) is 40.1 Å². The van der Waals surface area contributed by atoms with Crippen LogP contribution in [0.4, 0.5) is 0 Å². The normalized spacial score (nSPS) is 24.7. The van der Waals surface area contributed by atoms with E-state index >= 15 is 0 Å². The van der Waals surface area contributed by atoms with Crippen molar-refractivity contribution < 1.29 is 38.8 Å². The molecule has 1 unspecified atom stereocenters. The Kier molecular flexibility index (Phi) is 5.49. The van der Waals surface area contributed by atoms with Gasteiger partial charge in [-0.25, -0.2) is 0 Å². The molecule has 2 N–H and O–H groups in total. The first kappa shape index (κ1) is 24.1. The largest absolute Gasteiger partial charge is 0.507 e. The number of rotatable bonds is 3. The van der Waals surface area contributed by atoms with Gasteiger partial charge in [-0.1, -0.05) is 0 Å². The van der Waals surface area contributed by atoms with Crippen molar-refractivity contribution in [3.63, 3.8) is 0 Å². The zero-order valence-corrected chi connectivity index (χ0v) is 21.0. The Labute approximate surface area is 208 Å². The van der Waals surface area contributed by atoms with Crippen molar-refractivity contribution in [1.29, 1.82) is 0 Å². The number of ether oxygens (including phenoxy) is 3. The lowest BCUT2D eigenvalue weighted by molar-refractivity contribution is -0.135. The van der Waals surface area contributed by atoms with Crippen LogP contribution < -0.4 is 9.47 Å². The quantitative estimate of drug-likeness (QED) is 0.472. The number of aromatic hydroxyl groups is 1. The Morgan fingerprint density at radius 2 is 1.78 bits per heavy atom. The summed E-state index contributed by atoms with van der Waals surface area (Å²) in [6.45, 7) is 6.81. The van der Waals surface area contributed by atoms with Gasteiger partial charge in [-0.3, -0.25) is 19.3 Å². The third-order valence-corrected chi connectivity index (χ3v) is 7.55. The van der Waals surface area contributed by atoms with Crippen molar-refractivity contribution in [2.45, 2.75) is 46.0 Å². The second-order valence-corrected chi connectivity index (χ2v) is 9.54. The number of fused-ring (bicyclic) bond motifs is 3. The van der Waals surface area contributed by atoms with Gasteiger partial charge in [0.25, 0.3) is 0 Å². The minimum Gasteiger partial charge on any atom is -0.507 e. The van der Waals surface area contributed by atoms with Crippen LogP contribution in [0.15, 0.2) is 28.2 Å². The SMILES string of the molecule is COC1=C(C)C(=O)C2=C(CN(C)C([C@H](O)N3C(C)=Cc4c(O)c(C)c5c(c4[C@@H]3C)OCO5)C2=O)C1=O. The Morgan fingerprint density at radius 3 is 2.44 bits per heavy atom. The molecule has 0 bridgehead atoms. The fraction of sp³-hybridized carbons (Fsp3) is 0.423. The number of likely N-dealkylation sites (N-methyl/N-ethyl adjacent to an activating group) is 1. The molecular formula is C26H28N2O8. The van der Waals surface area contributed by atoms with Gasteiger partial charge in [-0.2, -0.15) is 0 Å². The first-order valence-electron chi connectivity index (χ1n) is 11.6. The van der Waals surface area contributed by atoms with Crippen LogP contribution >= 0.6 is 0 Å². The molecule has 1 aromatic rings. The number of aliphatic hydroxyl groups excluding tert-OH is 1. The maximum atomic E-state index is 13.7. The van der Waals surface area contributed by atoms with E-state index in [1.165, 1.54) is 14.0 Å². The first-order valence-corrected chi connectivity index (χ1v) is 11.6. The second-order valence-electron chi connectivity index (χ2n) is 9.54. The van der Waals surface area contributed by atoms with Gasteiger partial charge in [-0.05, 0) is 40.8 Å². The van der Waals surface area contributed by atoms with Gasteiger partial charge in [0.05, 0.1) is 18.7 Å². The number of ketones is 3. The highest BCUT2D eigenvalue weighted by Gasteiger charge is 2.49. The molecule has 36 heavy (non-hydrogen) atoms. The molecule has 3 atom stereocenters. The van der Waals surface area contributed by atoms with Crippen molar-refractivity contribution in [3.05, 3.63) is 44.9 Å². The molecule has 10 nitrogen and oxygen atoms in total. The van der Waals surface area contributed by atoms with Crippen LogP contribution in [-0.4, -0.2) is 77.1 Å². The number of Topliss-reactive ketones (excluding diaryl/α,β-unsaturated/α-hetero) is 3. The average molecular weight is 497 g/mol. The molecule has 3 heterocycles. The van der Waals surface area contributed by atoms with Gasteiger partial charge in [0.1, 0.15) is 18.0 Å². The van der Waals surface area contributed by atoms with E-state index in [1.807, 2.05) is 6.92 Å². The highest BCUT2D eigenvalue weighted by Crippen LogP contribution is 2.52. The predicted octanol–water partition coefficient (Wildman–Crippen LogP) is 1.74. The number of carbonyl (C=O) groups is 3. The highest BCUT2D eigenvalue weighted by atomic mass is 16.7. The first-order chi connectivity index (χ1) is 17.0. The minimum absolute atomic E-state index is 0.00140. The van der Waals surface area contributed by atoms with Crippen LogP contribution in [0.1, 0.15) is 43.5 Å². The van der Waals surface area contributed by atoms with E-state index in [0.717, 1.165) is 0 Å². The molecule has 1 aliphatic carbocycles. The number of hydrogen-bond acceptors (Lipinski definition) is 10. The molecule has 3 aliphatic heterocycles. The summed E-state index contributed by atoms with van der Waals surface area (Å²) in [5, 5.41) is 22.5. The topological polar surface area (TPSA) is 126 Å². The number of carbonyl (C=O) groups excluding carboxylic acids is 3. The molecule has 0 spiro atoms. The zero-order valence-electron chi connectivity index (χ0n) is 21.0. The molecule has 0 fully saturated rings. The summed E-state index contributed by atoms with van der Waals surface area (Å²) >= 11 is 0. The molecule has 10 heteroatoms. The predicted molar refractivity (Wildman–Crippen MR) is 127 cm³/mol. The Hall–Kier alpha value is -3.63. The molecule has 0 amide bonds. The lowest BCUT2D eigenvalue weighted by Crippen LogP contribution is -2.59. The van der Waals surface area contributed by atoms with Crippen LogP contribution in [0.3, 0.4) is 0 Å². The van der Waals surface area contributed by atoms with E-state index in [2.05, 4.69) is 0 Å².